The van der Waals surface area contributed by atoms with Crippen LogP contribution in [0.1, 0.15) is 33.1 Å². The van der Waals surface area contributed by atoms with Gasteiger partial charge in [0.2, 0.25) is 11.8 Å². The van der Waals surface area contributed by atoms with Crippen LogP contribution in [0.3, 0.4) is 0 Å². The van der Waals surface area contributed by atoms with E-state index in [1.165, 1.54) is 0 Å². The van der Waals surface area contributed by atoms with Gasteiger partial charge < -0.3 is 10.2 Å². The Morgan fingerprint density at radius 3 is 2.18 bits per heavy atom. The first-order chi connectivity index (χ1) is 10.3. The number of carbonyl (C=O) groups is 2. The van der Waals surface area contributed by atoms with E-state index in [0.29, 0.717) is 28.8 Å². The SMILES string of the molecule is CC(C)(C(=O)Nc1c(Cl)cccc1Cl)C(=O)N1CCCCC1. The van der Waals surface area contributed by atoms with Crippen molar-refractivity contribution in [3.05, 3.63) is 28.2 Å². The van der Waals surface area contributed by atoms with Gasteiger partial charge in [-0.15, -0.1) is 0 Å². The van der Waals surface area contributed by atoms with E-state index in [1.54, 1.807) is 36.9 Å². The highest BCUT2D eigenvalue weighted by atomic mass is 35.5. The van der Waals surface area contributed by atoms with Crippen LogP contribution in [0.25, 0.3) is 0 Å². The molecule has 6 heteroatoms. The summed E-state index contributed by atoms with van der Waals surface area (Å²) in [6.45, 7) is 4.68. The van der Waals surface area contributed by atoms with E-state index in [-0.39, 0.29) is 5.91 Å². The molecule has 0 unspecified atom stereocenters. The molecule has 0 radical (unpaired) electrons. The predicted molar refractivity (Wildman–Crippen MR) is 89.3 cm³/mol. The summed E-state index contributed by atoms with van der Waals surface area (Å²) in [5.41, 5.74) is -0.824. The molecule has 0 bridgehead atoms. The summed E-state index contributed by atoms with van der Waals surface area (Å²) in [6, 6.07) is 4.98. The van der Waals surface area contributed by atoms with Crippen LogP contribution in [0, 0.1) is 5.41 Å². The maximum atomic E-state index is 12.6. The minimum absolute atomic E-state index is 0.159. The molecule has 22 heavy (non-hydrogen) atoms. The van der Waals surface area contributed by atoms with Crippen LogP contribution < -0.4 is 5.32 Å². The Balaban J connectivity index is 2.14. The fourth-order valence-corrected chi connectivity index (χ4v) is 2.97. The number of amides is 2. The number of nitrogens with one attached hydrogen (secondary N) is 1. The van der Waals surface area contributed by atoms with E-state index >= 15 is 0 Å². The van der Waals surface area contributed by atoms with Crippen LogP contribution in [0.4, 0.5) is 5.69 Å². The predicted octanol–water partition coefficient (Wildman–Crippen LogP) is 3.97. The highest BCUT2D eigenvalue weighted by molar-refractivity contribution is 6.40. The molecule has 2 amide bonds. The second-order valence-corrected chi connectivity index (χ2v) is 6.84. The normalized spacial score (nSPS) is 15.5. The maximum absolute atomic E-state index is 12.6. The van der Waals surface area contributed by atoms with Crippen molar-refractivity contribution in [1.29, 1.82) is 0 Å². The summed E-state index contributed by atoms with van der Waals surface area (Å²) < 4.78 is 0. The zero-order valence-electron chi connectivity index (χ0n) is 12.8. The van der Waals surface area contributed by atoms with Gasteiger partial charge in [-0.2, -0.15) is 0 Å². The monoisotopic (exact) mass is 342 g/mol. The van der Waals surface area contributed by atoms with Gasteiger partial charge in [-0.05, 0) is 45.2 Å². The fraction of sp³-hybridized carbons (Fsp3) is 0.500. The van der Waals surface area contributed by atoms with E-state index in [1.807, 2.05) is 0 Å². The Hall–Kier alpha value is -1.26. The summed E-state index contributed by atoms with van der Waals surface area (Å²) in [7, 11) is 0. The van der Waals surface area contributed by atoms with Crippen molar-refractivity contribution in [1.82, 2.24) is 4.90 Å². The highest BCUT2D eigenvalue weighted by Gasteiger charge is 2.39. The molecule has 120 valence electrons. The molecule has 1 aliphatic heterocycles. The summed E-state index contributed by atoms with van der Waals surface area (Å²) >= 11 is 12.1. The van der Waals surface area contributed by atoms with Crippen molar-refractivity contribution in [2.45, 2.75) is 33.1 Å². The Labute approximate surface area is 140 Å². The van der Waals surface area contributed by atoms with E-state index in [4.69, 9.17) is 23.2 Å². The molecule has 1 aromatic rings. The molecular formula is C16H20Cl2N2O2. The summed E-state index contributed by atoms with van der Waals surface area (Å²) in [5.74, 6) is -0.564. The average Bonchev–Trinajstić information content (AvgIpc) is 2.51. The number of hydrogen-bond acceptors (Lipinski definition) is 2. The quantitative estimate of drug-likeness (QED) is 0.845. The summed E-state index contributed by atoms with van der Waals surface area (Å²) in [4.78, 5) is 26.9. The van der Waals surface area contributed by atoms with Crippen LogP contribution in [-0.4, -0.2) is 29.8 Å². The molecule has 1 heterocycles. The Bertz CT molecular complexity index is 561. The van der Waals surface area contributed by atoms with Crippen molar-refractivity contribution >= 4 is 40.7 Å². The van der Waals surface area contributed by atoms with Crippen LogP contribution in [0.2, 0.25) is 10.0 Å². The number of para-hydroxylation sites is 1. The molecular weight excluding hydrogens is 323 g/mol. The minimum Gasteiger partial charge on any atom is -0.342 e. The third kappa shape index (κ3) is 3.55. The average molecular weight is 343 g/mol. The maximum Gasteiger partial charge on any atom is 0.239 e. The molecule has 0 aliphatic carbocycles. The van der Waals surface area contributed by atoms with Crippen LogP contribution in [-0.2, 0) is 9.59 Å². The summed E-state index contributed by atoms with van der Waals surface area (Å²) in [5, 5.41) is 3.39. The number of nitrogens with zero attached hydrogens (tertiary/aromatic N) is 1. The Kier molecular flexibility index (Phi) is 5.35. The van der Waals surface area contributed by atoms with Crippen LogP contribution in [0.5, 0.6) is 0 Å². The largest absolute Gasteiger partial charge is 0.342 e. The zero-order valence-corrected chi connectivity index (χ0v) is 14.3. The lowest BCUT2D eigenvalue weighted by molar-refractivity contribution is -0.147. The van der Waals surface area contributed by atoms with Gasteiger partial charge in [0.1, 0.15) is 5.41 Å². The number of benzene rings is 1. The number of rotatable bonds is 3. The van der Waals surface area contributed by atoms with Crippen molar-refractivity contribution in [3.8, 4) is 0 Å². The Morgan fingerprint density at radius 2 is 1.64 bits per heavy atom. The molecule has 1 aromatic carbocycles. The van der Waals surface area contributed by atoms with Crippen LogP contribution >= 0.6 is 23.2 Å². The van der Waals surface area contributed by atoms with Gasteiger partial charge in [-0.1, -0.05) is 29.3 Å². The number of piperidine rings is 1. The number of carbonyl (C=O) groups excluding carboxylic acids is 2. The highest BCUT2D eigenvalue weighted by Crippen LogP contribution is 2.32. The first-order valence-corrected chi connectivity index (χ1v) is 8.14. The molecule has 1 N–H and O–H groups in total. The van der Waals surface area contributed by atoms with Gasteiger partial charge >= 0.3 is 0 Å². The van der Waals surface area contributed by atoms with Crippen LogP contribution in [0.15, 0.2) is 18.2 Å². The van der Waals surface area contributed by atoms with Gasteiger partial charge in [0, 0.05) is 13.1 Å². The lowest BCUT2D eigenvalue weighted by Crippen LogP contribution is -2.49. The molecule has 1 aliphatic rings. The number of halogens is 2. The smallest absolute Gasteiger partial charge is 0.239 e. The topological polar surface area (TPSA) is 49.4 Å². The number of likely N-dealkylation sites (tertiary alicyclic amines) is 1. The lowest BCUT2D eigenvalue weighted by Gasteiger charge is -2.33. The van der Waals surface area contributed by atoms with Gasteiger partial charge in [-0.25, -0.2) is 0 Å². The molecule has 0 saturated carbocycles. The molecule has 0 atom stereocenters. The second-order valence-electron chi connectivity index (χ2n) is 6.03. The van der Waals surface area contributed by atoms with E-state index < -0.39 is 11.3 Å². The number of anilines is 1. The first kappa shape index (κ1) is 17.1. The van der Waals surface area contributed by atoms with Crippen molar-refractivity contribution in [3.63, 3.8) is 0 Å². The molecule has 1 fully saturated rings. The van der Waals surface area contributed by atoms with Gasteiger partial charge in [0.15, 0.2) is 0 Å². The van der Waals surface area contributed by atoms with E-state index in [2.05, 4.69) is 5.32 Å². The molecule has 4 nitrogen and oxygen atoms in total. The molecule has 2 rings (SSSR count). The van der Waals surface area contributed by atoms with Gasteiger partial charge in [-0.3, -0.25) is 9.59 Å². The fourth-order valence-electron chi connectivity index (χ4n) is 2.48. The second kappa shape index (κ2) is 6.88. The minimum atomic E-state index is -1.17. The lowest BCUT2D eigenvalue weighted by atomic mass is 9.89. The third-order valence-corrected chi connectivity index (χ3v) is 4.58. The summed E-state index contributed by atoms with van der Waals surface area (Å²) in [6.07, 6.45) is 3.10. The molecule has 1 saturated heterocycles. The third-order valence-electron chi connectivity index (χ3n) is 3.95. The van der Waals surface area contributed by atoms with Crippen molar-refractivity contribution in [2.75, 3.05) is 18.4 Å². The Morgan fingerprint density at radius 1 is 1.09 bits per heavy atom. The van der Waals surface area contributed by atoms with Crippen molar-refractivity contribution < 1.29 is 9.59 Å². The first-order valence-electron chi connectivity index (χ1n) is 7.39. The molecule has 0 spiro atoms. The van der Waals surface area contributed by atoms with Gasteiger partial charge in [0.05, 0.1) is 15.7 Å². The van der Waals surface area contributed by atoms with E-state index in [0.717, 1.165) is 19.3 Å². The van der Waals surface area contributed by atoms with E-state index in [9.17, 15) is 9.59 Å². The van der Waals surface area contributed by atoms with Crippen molar-refractivity contribution in [2.24, 2.45) is 5.41 Å². The van der Waals surface area contributed by atoms with Gasteiger partial charge in [0.25, 0.3) is 0 Å². The number of hydrogen-bond donors (Lipinski definition) is 1. The molecule has 0 aromatic heterocycles. The zero-order chi connectivity index (χ0) is 16.3. The standard InChI is InChI=1S/C16H20Cl2N2O2/c1-16(2,15(22)20-9-4-3-5-10-20)14(21)19-13-11(17)7-6-8-12(13)18/h6-8H,3-5,9-10H2,1-2H3,(H,19,21).